The normalized spacial score (nSPS) is 14.5. The van der Waals surface area contributed by atoms with Gasteiger partial charge in [-0.2, -0.15) is 0 Å². The van der Waals surface area contributed by atoms with Crippen LogP contribution in [0.5, 0.6) is 0 Å². The zero-order valence-electron chi connectivity index (χ0n) is 10.4. The SMILES string of the molecule is O=P(O)(O)OCC(Br)CBr.O=P([O-])([O-])OCC(Br)CBr.[Mg+2]. The van der Waals surface area contributed by atoms with Crippen LogP contribution in [-0.2, 0) is 18.2 Å². The Bertz CT molecular complexity index is 307. The van der Waals surface area contributed by atoms with Crippen LogP contribution < -0.4 is 9.79 Å². The van der Waals surface area contributed by atoms with E-state index in [-0.39, 0.29) is 45.9 Å². The van der Waals surface area contributed by atoms with Crippen molar-refractivity contribution in [2.24, 2.45) is 0 Å². The summed E-state index contributed by atoms with van der Waals surface area (Å²) in [4.78, 5) is 35.9. The topological polar surface area (TPSA) is 139 Å². The molecule has 21 heavy (non-hydrogen) atoms. The largest absolute Gasteiger partial charge is 2.00 e. The summed E-state index contributed by atoms with van der Waals surface area (Å²) in [6.07, 6.45) is 0. The molecule has 2 N–H and O–H groups in total. The Kier molecular flexibility index (Phi) is 20.8. The van der Waals surface area contributed by atoms with E-state index in [1.165, 1.54) is 0 Å². The Balaban J connectivity index is -0.000000295. The van der Waals surface area contributed by atoms with Gasteiger partial charge in [-0.05, 0) is 0 Å². The number of halogens is 4. The van der Waals surface area contributed by atoms with Gasteiger partial charge in [0.15, 0.2) is 0 Å². The molecule has 0 aromatic carbocycles. The molecule has 0 amide bonds. The molecule has 0 aliphatic heterocycles. The fourth-order valence-electron chi connectivity index (χ4n) is 0.439. The van der Waals surface area contributed by atoms with Crippen molar-refractivity contribution in [3.8, 4) is 0 Å². The number of phosphoric ester groups is 2. The molecule has 0 rings (SSSR count). The maximum atomic E-state index is 10.1. The van der Waals surface area contributed by atoms with Crippen LogP contribution in [0.1, 0.15) is 0 Å². The first-order valence-corrected chi connectivity index (χ1v) is 11.7. The molecule has 124 valence electrons. The molecular formula is C6H12Br4MgO8P2. The molecule has 8 nitrogen and oxygen atoms in total. The fourth-order valence-corrected chi connectivity index (χ4v) is 2.22. The standard InChI is InChI=1S/2C3H7Br2O4P.Mg/c2*4-1-3(5)2-9-10(6,7)8;/h2*3H,1-2H2,(H2,6,7,8);/q;;+2/p-2. The summed E-state index contributed by atoms with van der Waals surface area (Å²) in [6.45, 7) is -0.134. The summed E-state index contributed by atoms with van der Waals surface area (Å²) in [6, 6.07) is 0. The van der Waals surface area contributed by atoms with Gasteiger partial charge in [-0.25, -0.2) is 4.57 Å². The van der Waals surface area contributed by atoms with Crippen molar-refractivity contribution in [1.82, 2.24) is 0 Å². The number of alkyl halides is 4. The zero-order chi connectivity index (χ0) is 16.4. The van der Waals surface area contributed by atoms with Crippen LogP contribution >= 0.6 is 79.4 Å². The van der Waals surface area contributed by atoms with E-state index in [2.05, 4.69) is 72.8 Å². The first-order valence-electron chi connectivity index (χ1n) is 4.68. The average Bonchev–Trinajstić information content (AvgIpc) is 2.31. The summed E-state index contributed by atoms with van der Waals surface area (Å²) in [5.74, 6) is 0. The predicted octanol–water partition coefficient (Wildman–Crippen LogP) is 0.863. The number of hydrogen-bond acceptors (Lipinski definition) is 6. The quantitative estimate of drug-likeness (QED) is 0.232. The van der Waals surface area contributed by atoms with Crippen molar-refractivity contribution in [3.63, 3.8) is 0 Å². The average molecular weight is 618 g/mol. The van der Waals surface area contributed by atoms with Crippen LogP contribution in [0.15, 0.2) is 0 Å². The maximum Gasteiger partial charge on any atom is 2.00 e. The van der Waals surface area contributed by atoms with E-state index in [0.29, 0.717) is 10.7 Å². The van der Waals surface area contributed by atoms with Crippen LogP contribution in [0.3, 0.4) is 0 Å². The monoisotopic (exact) mass is 614 g/mol. The molecule has 0 aromatic heterocycles. The smallest absolute Gasteiger partial charge is 0.790 e. The first-order chi connectivity index (χ1) is 8.91. The van der Waals surface area contributed by atoms with Crippen molar-refractivity contribution in [2.45, 2.75) is 9.65 Å². The van der Waals surface area contributed by atoms with Crippen LogP contribution in [0.25, 0.3) is 0 Å². The molecule has 2 atom stereocenters. The second-order valence-corrected chi connectivity index (χ2v) is 9.31. The zero-order valence-corrected chi connectivity index (χ0v) is 20.0. The molecule has 0 fully saturated rings. The van der Waals surface area contributed by atoms with Crippen molar-refractivity contribution >= 4 is 102 Å². The third kappa shape index (κ3) is 28.0. The number of rotatable bonds is 8. The molecule has 0 spiro atoms. The maximum absolute atomic E-state index is 10.1. The molecule has 0 saturated carbocycles. The summed E-state index contributed by atoms with van der Waals surface area (Å²) in [5, 5.41) is 1.12. The van der Waals surface area contributed by atoms with E-state index < -0.39 is 15.6 Å². The second-order valence-electron chi connectivity index (χ2n) is 3.03. The third-order valence-electron chi connectivity index (χ3n) is 1.17. The van der Waals surface area contributed by atoms with Crippen molar-refractivity contribution in [1.29, 1.82) is 0 Å². The Labute approximate surface area is 172 Å². The molecule has 0 radical (unpaired) electrons. The van der Waals surface area contributed by atoms with E-state index in [1.54, 1.807) is 0 Å². The van der Waals surface area contributed by atoms with E-state index >= 15 is 0 Å². The Morgan fingerprint density at radius 2 is 1.29 bits per heavy atom. The van der Waals surface area contributed by atoms with Gasteiger partial charge in [0.05, 0.1) is 21.0 Å². The molecule has 0 aliphatic rings. The van der Waals surface area contributed by atoms with E-state index in [9.17, 15) is 18.9 Å². The van der Waals surface area contributed by atoms with Crippen LogP contribution in [-0.4, -0.2) is 66.4 Å². The minimum atomic E-state index is -4.78. The number of hydrogen-bond donors (Lipinski definition) is 2. The van der Waals surface area contributed by atoms with Crippen LogP contribution in [0.4, 0.5) is 0 Å². The van der Waals surface area contributed by atoms with Crippen molar-refractivity contribution < 1.29 is 37.8 Å². The molecule has 0 heterocycles. The summed E-state index contributed by atoms with van der Waals surface area (Å²) >= 11 is 12.3. The van der Waals surface area contributed by atoms with Crippen molar-refractivity contribution in [2.75, 3.05) is 23.9 Å². The van der Waals surface area contributed by atoms with Crippen LogP contribution in [0.2, 0.25) is 0 Å². The Morgan fingerprint density at radius 1 is 0.952 bits per heavy atom. The Morgan fingerprint density at radius 3 is 1.52 bits per heavy atom. The summed E-state index contributed by atoms with van der Waals surface area (Å²) in [5.41, 5.74) is 0. The predicted molar refractivity (Wildman–Crippen MR) is 90.3 cm³/mol. The van der Waals surface area contributed by atoms with Gasteiger partial charge in [0.1, 0.15) is 0 Å². The Hall–Kier alpha value is 2.91. The molecular weight excluding hydrogens is 606 g/mol. The van der Waals surface area contributed by atoms with E-state index in [1.807, 2.05) is 0 Å². The van der Waals surface area contributed by atoms with Gasteiger partial charge >= 0.3 is 30.9 Å². The van der Waals surface area contributed by atoms with Gasteiger partial charge in [-0.15, -0.1) is 0 Å². The van der Waals surface area contributed by atoms with Crippen LogP contribution in [0, 0.1) is 0 Å². The second kappa shape index (κ2) is 15.2. The molecule has 2 unspecified atom stereocenters. The van der Waals surface area contributed by atoms with E-state index in [0.717, 1.165) is 0 Å². The van der Waals surface area contributed by atoms with Gasteiger partial charge in [0.25, 0.3) is 0 Å². The summed E-state index contributed by atoms with van der Waals surface area (Å²) < 4.78 is 28.1. The minimum Gasteiger partial charge on any atom is -0.790 e. The third-order valence-corrected chi connectivity index (χ3v) is 6.60. The van der Waals surface area contributed by atoms with Gasteiger partial charge < -0.3 is 28.7 Å². The molecule has 0 aromatic rings. The molecule has 0 saturated heterocycles. The van der Waals surface area contributed by atoms with Gasteiger partial charge in [-0.3, -0.25) is 4.52 Å². The van der Waals surface area contributed by atoms with Gasteiger partial charge in [0, 0.05) is 20.3 Å². The molecule has 0 bridgehead atoms. The van der Waals surface area contributed by atoms with Gasteiger partial charge in [-0.1, -0.05) is 63.7 Å². The first kappa shape index (κ1) is 28.7. The minimum absolute atomic E-state index is 0. The van der Waals surface area contributed by atoms with Gasteiger partial charge in [0.2, 0.25) is 0 Å². The van der Waals surface area contributed by atoms with E-state index in [4.69, 9.17) is 9.79 Å². The summed E-state index contributed by atoms with van der Waals surface area (Å²) in [7, 11) is -9.07. The molecule has 0 aliphatic carbocycles. The van der Waals surface area contributed by atoms with Crippen molar-refractivity contribution in [3.05, 3.63) is 0 Å². The fraction of sp³-hybridized carbons (Fsp3) is 1.00. The molecule has 15 heteroatoms. The number of phosphoric acid groups is 2.